The molecular formula is C16H9B4BrN2O3. The van der Waals surface area contributed by atoms with Gasteiger partial charge < -0.3 is 14.6 Å². The SMILES string of the molecule is [B]c1c([B])c([B])n2c(C(=O)c3ccc(O)c(Br)c3)c(C(C)O)nc2c1[B]. The Labute approximate surface area is 163 Å². The molecule has 0 aliphatic rings. The molecule has 0 saturated carbocycles. The molecule has 8 radical (unpaired) electrons. The van der Waals surface area contributed by atoms with Crippen LogP contribution in [-0.2, 0) is 0 Å². The molecule has 1 unspecified atom stereocenters. The van der Waals surface area contributed by atoms with Crippen molar-refractivity contribution in [2.45, 2.75) is 13.0 Å². The van der Waals surface area contributed by atoms with E-state index >= 15 is 0 Å². The molecule has 0 aliphatic carbocycles. The lowest BCUT2D eigenvalue weighted by atomic mass is 9.69. The number of pyridine rings is 1. The number of hydrogen-bond donors (Lipinski definition) is 2. The second-order valence-electron chi connectivity index (χ2n) is 5.80. The van der Waals surface area contributed by atoms with Gasteiger partial charge in [-0.05, 0) is 46.6 Å². The zero-order valence-corrected chi connectivity index (χ0v) is 15.3. The third kappa shape index (κ3) is 2.81. The normalized spacial score (nSPS) is 12.4. The average Bonchev–Trinajstić information content (AvgIpc) is 3.00. The maximum absolute atomic E-state index is 13.1. The summed E-state index contributed by atoms with van der Waals surface area (Å²) in [4.78, 5) is 17.4. The van der Waals surface area contributed by atoms with Crippen molar-refractivity contribution < 1.29 is 15.0 Å². The van der Waals surface area contributed by atoms with E-state index in [2.05, 4.69) is 20.9 Å². The van der Waals surface area contributed by atoms with Gasteiger partial charge in [-0.1, -0.05) is 10.9 Å². The van der Waals surface area contributed by atoms with E-state index < -0.39 is 11.9 Å². The molecule has 0 fully saturated rings. The molecule has 2 aromatic heterocycles. The Hall–Kier alpha value is -1.92. The lowest BCUT2D eigenvalue weighted by Crippen LogP contribution is -2.51. The van der Waals surface area contributed by atoms with E-state index in [9.17, 15) is 15.0 Å². The first-order chi connectivity index (χ1) is 12.1. The quantitative estimate of drug-likeness (QED) is 0.405. The molecule has 0 saturated heterocycles. The number of hydrogen-bond acceptors (Lipinski definition) is 4. The van der Waals surface area contributed by atoms with Crippen molar-refractivity contribution in [3.05, 3.63) is 39.6 Å². The van der Waals surface area contributed by atoms with Gasteiger partial charge in [-0.2, -0.15) is 0 Å². The number of ketones is 1. The van der Waals surface area contributed by atoms with Crippen LogP contribution in [0.15, 0.2) is 22.7 Å². The molecule has 1 aromatic carbocycles. The Balaban J connectivity index is 2.38. The van der Waals surface area contributed by atoms with Crippen molar-refractivity contribution >= 4 is 80.7 Å². The molecule has 5 nitrogen and oxygen atoms in total. The van der Waals surface area contributed by atoms with Gasteiger partial charge in [-0.3, -0.25) is 4.79 Å². The number of halogens is 1. The smallest absolute Gasteiger partial charge is 0.211 e. The molecule has 0 spiro atoms. The minimum atomic E-state index is -1.07. The van der Waals surface area contributed by atoms with Gasteiger partial charge in [0.2, 0.25) is 5.78 Å². The minimum Gasteiger partial charge on any atom is -0.507 e. The monoisotopic (exact) mass is 400 g/mol. The summed E-state index contributed by atoms with van der Waals surface area (Å²) >= 11 is 3.17. The molecule has 0 bridgehead atoms. The number of carbonyl (C=O) groups excluding carboxylic acids is 1. The van der Waals surface area contributed by atoms with Crippen molar-refractivity contribution in [3.63, 3.8) is 0 Å². The summed E-state index contributed by atoms with van der Waals surface area (Å²) < 4.78 is 1.62. The summed E-state index contributed by atoms with van der Waals surface area (Å²) in [6.07, 6.45) is -1.07. The molecule has 3 aromatic rings. The first-order valence-electron chi connectivity index (χ1n) is 7.50. The van der Waals surface area contributed by atoms with Crippen molar-refractivity contribution in [3.8, 4) is 5.75 Å². The van der Waals surface area contributed by atoms with Crippen LogP contribution in [0.25, 0.3) is 5.65 Å². The Morgan fingerprint density at radius 1 is 1.19 bits per heavy atom. The summed E-state index contributed by atoms with van der Waals surface area (Å²) in [6, 6.07) is 4.25. The number of aromatic hydroxyl groups is 1. The summed E-state index contributed by atoms with van der Waals surface area (Å²) in [5.74, 6) is -0.499. The Morgan fingerprint density at radius 2 is 1.85 bits per heavy atom. The predicted octanol–water partition coefficient (Wildman–Crippen LogP) is -1.74. The lowest BCUT2D eigenvalue weighted by molar-refractivity contribution is 0.102. The second kappa shape index (κ2) is 6.67. The molecular weight excluding hydrogens is 391 g/mol. The minimum absolute atomic E-state index is 0.00714. The van der Waals surface area contributed by atoms with Gasteiger partial charge in [-0.25, -0.2) is 4.98 Å². The highest BCUT2D eigenvalue weighted by Gasteiger charge is 2.26. The highest BCUT2D eigenvalue weighted by molar-refractivity contribution is 9.10. The third-order valence-corrected chi connectivity index (χ3v) is 4.70. The molecule has 10 heteroatoms. The number of carbonyl (C=O) groups is 1. The van der Waals surface area contributed by atoms with E-state index in [4.69, 9.17) is 31.4 Å². The standard InChI is InChI=1S/C16H9B4BrN2O3/c1-5(24)12-13(14(26)6-2-3-8(25)7(21)4-6)23-15(20)10(18)9(17)11(19)16(23)22-12/h2-5,24-25H,1H3. The largest absolute Gasteiger partial charge is 0.507 e. The summed E-state index contributed by atoms with van der Waals surface area (Å²) in [7, 11) is 23.8. The Bertz CT molecular complexity index is 1070. The highest BCUT2D eigenvalue weighted by atomic mass is 79.9. The molecule has 120 valence electrons. The van der Waals surface area contributed by atoms with E-state index in [1.165, 1.54) is 29.5 Å². The first kappa shape index (κ1) is 18.9. The molecule has 2 N–H and O–H groups in total. The van der Waals surface area contributed by atoms with Crippen LogP contribution in [-0.4, -0.2) is 56.8 Å². The fraction of sp³-hybridized carbons (Fsp3) is 0.125. The topological polar surface area (TPSA) is 74.8 Å². The first-order valence-corrected chi connectivity index (χ1v) is 8.29. The van der Waals surface area contributed by atoms with Crippen LogP contribution < -0.4 is 22.0 Å². The average molecular weight is 400 g/mol. The highest BCUT2D eigenvalue weighted by Crippen LogP contribution is 2.27. The van der Waals surface area contributed by atoms with E-state index in [-0.39, 0.29) is 50.3 Å². The van der Waals surface area contributed by atoms with Crippen molar-refractivity contribution in [2.75, 3.05) is 0 Å². The molecule has 1 atom stereocenters. The van der Waals surface area contributed by atoms with E-state index in [1.807, 2.05) is 0 Å². The number of benzene rings is 1. The number of rotatable bonds is 3. The predicted molar refractivity (Wildman–Crippen MR) is 107 cm³/mol. The number of nitrogens with zero attached hydrogens (tertiary/aromatic N) is 2. The maximum atomic E-state index is 13.1. The number of aliphatic hydroxyl groups is 1. The molecule has 0 amide bonds. The molecule has 2 heterocycles. The number of aliphatic hydroxyl groups excluding tert-OH is 1. The number of phenols is 1. The van der Waals surface area contributed by atoms with Crippen LogP contribution in [0, 0.1) is 0 Å². The zero-order valence-electron chi connectivity index (χ0n) is 13.7. The maximum Gasteiger partial charge on any atom is 0.211 e. The molecule has 0 aliphatic heterocycles. The van der Waals surface area contributed by atoms with Crippen LogP contribution in [0.3, 0.4) is 0 Å². The van der Waals surface area contributed by atoms with Gasteiger partial charge in [0.25, 0.3) is 0 Å². The van der Waals surface area contributed by atoms with Crippen LogP contribution in [0.4, 0.5) is 0 Å². The Kier molecular flexibility index (Phi) is 4.84. The van der Waals surface area contributed by atoms with Crippen LogP contribution in [0.5, 0.6) is 5.75 Å². The third-order valence-electron chi connectivity index (χ3n) is 4.06. The fourth-order valence-corrected chi connectivity index (χ4v) is 3.05. The van der Waals surface area contributed by atoms with Gasteiger partial charge in [0.05, 0.1) is 16.3 Å². The van der Waals surface area contributed by atoms with Crippen LogP contribution in [0.2, 0.25) is 0 Å². The van der Waals surface area contributed by atoms with E-state index in [0.29, 0.717) is 4.47 Å². The van der Waals surface area contributed by atoms with Gasteiger partial charge in [0.15, 0.2) is 0 Å². The van der Waals surface area contributed by atoms with Gasteiger partial charge in [0, 0.05) is 5.56 Å². The molecule has 26 heavy (non-hydrogen) atoms. The van der Waals surface area contributed by atoms with Crippen molar-refractivity contribution in [2.24, 2.45) is 0 Å². The summed E-state index contributed by atoms with van der Waals surface area (Å²) in [6.45, 7) is 1.46. The zero-order chi connectivity index (χ0) is 19.3. The lowest BCUT2D eigenvalue weighted by Gasteiger charge is -2.16. The number of imidazole rings is 1. The number of aromatic nitrogens is 2. The second-order valence-corrected chi connectivity index (χ2v) is 6.66. The number of phenolic OH excluding ortho intramolecular Hbond substituents is 1. The fourth-order valence-electron chi connectivity index (χ4n) is 2.67. The van der Waals surface area contributed by atoms with Crippen LogP contribution in [0.1, 0.15) is 34.8 Å². The Morgan fingerprint density at radius 3 is 2.42 bits per heavy atom. The van der Waals surface area contributed by atoms with E-state index in [0.717, 1.165) is 0 Å². The van der Waals surface area contributed by atoms with Gasteiger partial charge in [0.1, 0.15) is 48.5 Å². The van der Waals surface area contributed by atoms with Crippen LogP contribution >= 0.6 is 15.9 Å². The number of fused-ring (bicyclic) bond motifs is 1. The molecule has 3 rings (SSSR count). The van der Waals surface area contributed by atoms with Crippen molar-refractivity contribution in [1.29, 1.82) is 0 Å². The summed E-state index contributed by atoms with van der Waals surface area (Å²) in [5, 5.41) is 19.7. The van der Waals surface area contributed by atoms with Gasteiger partial charge >= 0.3 is 0 Å². The van der Waals surface area contributed by atoms with Crippen molar-refractivity contribution in [1.82, 2.24) is 9.38 Å². The van der Waals surface area contributed by atoms with Gasteiger partial charge in [-0.15, -0.1) is 5.46 Å². The van der Waals surface area contributed by atoms with E-state index in [1.54, 1.807) is 0 Å². The summed E-state index contributed by atoms with van der Waals surface area (Å²) in [5.41, 5.74) is 0.606.